The van der Waals surface area contributed by atoms with Crippen LogP contribution in [-0.2, 0) is 9.53 Å². The Hall–Kier alpha value is -0.500. The Balaban J connectivity index is 1.45. The number of esters is 1. The maximum Gasteiger partial charge on any atom is 0.321 e. The first kappa shape index (κ1) is 24.6. The fourth-order valence-corrected chi connectivity index (χ4v) is 9.03. The van der Waals surface area contributed by atoms with Crippen LogP contribution >= 0.6 is 11.6 Å². The molecule has 3 fully saturated rings. The summed E-state index contributed by atoms with van der Waals surface area (Å²) >= 11 is 5.68. The van der Waals surface area contributed by atoms with E-state index in [0.717, 1.165) is 48.3 Å². The number of carbonyl (C=O) groups excluding carboxylic acids is 1. The maximum absolute atomic E-state index is 11.7. The minimum Gasteiger partial charge on any atom is -0.461 e. The molecule has 0 bridgehead atoms. The Kier molecular flexibility index (Phi) is 7.41. The predicted octanol–water partition coefficient (Wildman–Crippen LogP) is 8.18. The van der Waals surface area contributed by atoms with Crippen LogP contribution in [0.15, 0.2) is 11.6 Å². The lowest BCUT2D eigenvalue weighted by atomic mass is 9.47. The maximum atomic E-state index is 11.7. The first-order valence-electron chi connectivity index (χ1n) is 13.6. The van der Waals surface area contributed by atoms with Crippen LogP contribution in [-0.4, -0.2) is 18.0 Å². The highest BCUT2D eigenvalue weighted by Gasteiger charge is 2.59. The van der Waals surface area contributed by atoms with Gasteiger partial charge in [-0.2, -0.15) is 0 Å². The SMILES string of the molecule is CC(C)CCC[C@H](C)[C@@H]1CC[C@@H]2[C@H]3CC=C4C[C@@H](OC(=O)CCl)CC[C@]4(C)[C@@H]3CC[C@]21C. The van der Waals surface area contributed by atoms with Crippen LogP contribution in [0.4, 0.5) is 0 Å². The lowest BCUT2D eigenvalue weighted by Crippen LogP contribution is -2.51. The molecule has 4 aliphatic rings. The number of hydrogen-bond donors (Lipinski definition) is 0. The Morgan fingerprint density at radius 3 is 2.59 bits per heavy atom. The van der Waals surface area contributed by atoms with Crippen molar-refractivity contribution in [3.63, 3.8) is 0 Å². The van der Waals surface area contributed by atoms with E-state index in [4.69, 9.17) is 16.3 Å². The van der Waals surface area contributed by atoms with E-state index in [0.29, 0.717) is 10.8 Å². The van der Waals surface area contributed by atoms with Crippen LogP contribution < -0.4 is 0 Å². The largest absolute Gasteiger partial charge is 0.461 e. The van der Waals surface area contributed by atoms with Crippen molar-refractivity contribution in [3.8, 4) is 0 Å². The molecule has 0 aromatic heterocycles. The molecule has 2 nitrogen and oxygen atoms in total. The van der Waals surface area contributed by atoms with E-state index >= 15 is 0 Å². The van der Waals surface area contributed by atoms with Gasteiger partial charge in [0.1, 0.15) is 12.0 Å². The van der Waals surface area contributed by atoms with Gasteiger partial charge in [-0.1, -0.05) is 65.5 Å². The molecule has 8 atom stereocenters. The number of ether oxygens (including phenoxy) is 1. The number of rotatable bonds is 7. The first-order chi connectivity index (χ1) is 15.2. The summed E-state index contributed by atoms with van der Waals surface area (Å²) in [6.07, 6.45) is 16.9. The van der Waals surface area contributed by atoms with Gasteiger partial charge in [-0.15, -0.1) is 11.6 Å². The molecule has 0 aromatic rings. The zero-order chi connectivity index (χ0) is 23.1. The normalized spacial score (nSPS) is 42.0. The number of halogens is 1. The average molecular weight is 463 g/mol. The van der Waals surface area contributed by atoms with Crippen molar-refractivity contribution in [1.82, 2.24) is 0 Å². The van der Waals surface area contributed by atoms with Crippen molar-refractivity contribution in [2.24, 2.45) is 46.3 Å². The summed E-state index contributed by atoms with van der Waals surface area (Å²) in [6.45, 7) is 12.5. The number of allylic oxidation sites excluding steroid dienone is 1. The summed E-state index contributed by atoms with van der Waals surface area (Å²) in [5, 5.41) is 0. The molecule has 0 saturated heterocycles. The molecular weight excluding hydrogens is 416 g/mol. The summed E-state index contributed by atoms with van der Waals surface area (Å²) in [5.41, 5.74) is 2.44. The van der Waals surface area contributed by atoms with Crippen LogP contribution in [0.3, 0.4) is 0 Å². The Labute approximate surface area is 202 Å². The quantitative estimate of drug-likeness (QED) is 0.216. The van der Waals surface area contributed by atoms with Crippen LogP contribution in [0.1, 0.15) is 105 Å². The minimum absolute atomic E-state index is 0.0329. The molecule has 0 unspecified atom stereocenters. The van der Waals surface area contributed by atoms with Gasteiger partial charge in [-0.05, 0) is 91.3 Å². The van der Waals surface area contributed by atoms with Gasteiger partial charge >= 0.3 is 5.97 Å². The zero-order valence-corrected chi connectivity index (χ0v) is 22.1. The van der Waals surface area contributed by atoms with Crippen LogP contribution in [0.25, 0.3) is 0 Å². The topological polar surface area (TPSA) is 26.3 Å². The zero-order valence-electron chi connectivity index (χ0n) is 21.3. The van der Waals surface area contributed by atoms with Gasteiger partial charge in [-0.3, -0.25) is 4.79 Å². The van der Waals surface area contributed by atoms with Gasteiger partial charge in [-0.25, -0.2) is 0 Å². The Morgan fingerprint density at radius 2 is 1.88 bits per heavy atom. The summed E-state index contributed by atoms with van der Waals surface area (Å²) in [7, 11) is 0. The van der Waals surface area contributed by atoms with Gasteiger partial charge in [0.2, 0.25) is 0 Å². The monoisotopic (exact) mass is 462 g/mol. The van der Waals surface area contributed by atoms with Gasteiger partial charge < -0.3 is 4.74 Å². The van der Waals surface area contributed by atoms with Crippen molar-refractivity contribution in [3.05, 3.63) is 11.6 Å². The average Bonchev–Trinajstić information content (AvgIpc) is 3.11. The molecule has 4 aliphatic carbocycles. The fraction of sp³-hybridized carbons (Fsp3) is 0.897. The van der Waals surface area contributed by atoms with E-state index in [1.165, 1.54) is 57.8 Å². The van der Waals surface area contributed by atoms with E-state index in [9.17, 15) is 4.79 Å². The number of hydrogen-bond acceptors (Lipinski definition) is 2. The van der Waals surface area contributed by atoms with Gasteiger partial charge in [0, 0.05) is 6.42 Å². The predicted molar refractivity (Wildman–Crippen MR) is 134 cm³/mol. The molecule has 182 valence electrons. The lowest BCUT2D eigenvalue weighted by Gasteiger charge is -2.58. The Morgan fingerprint density at radius 1 is 1.09 bits per heavy atom. The smallest absolute Gasteiger partial charge is 0.321 e. The number of fused-ring (bicyclic) bond motifs is 5. The highest BCUT2D eigenvalue weighted by Crippen LogP contribution is 2.67. The molecule has 4 rings (SSSR count). The standard InChI is InChI=1S/C29H47ClO2/c1-19(2)7-6-8-20(3)24-11-12-25-23-10-9-21-17-22(32-27(31)18-30)13-15-28(21,4)26(23)14-16-29(24,25)5/h9,19-20,22-26H,6-8,10-18H2,1-5H3/t20-,22-,23+,24-,25+,26+,28-,29-/m0/s1. The minimum atomic E-state index is -0.262. The van der Waals surface area contributed by atoms with Gasteiger partial charge in [0.15, 0.2) is 0 Å². The van der Waals surface area contributed by atoms with E-state index in [2.05, 4.69) is 40.7 Å². The fourth-order valence-electron chi connectivity index (χ4n) is 8.97. The third-order valence-electron chi connectivity index (χ3n) is 10.7. The van der Waals surface area contributed by atoms with Crippen molar-refractivity contribution in [2.75, 3.05) is 5.88 Å². The Bertz CT molecular complexity index is 714. The molecule has 0 N–H and O–H groups in total. The number of carbonyl (C=O) groups is 1. The van der Waals surface area contributed by atoms with E-state index < -0.39 is 0 Å². The highest BCUT2D eigenvalue weighted by atomic mass is 35.5. The van der Waals surface area contributed by atoms with E-state index in [1.807, 2.05) is 0 Å². The second-order valence-electron chi connectivity index (χ2n) is 12.8. The second-order valence-corrected chi connectivity index (χ2v) is 13.0. The molecule has 0 heterocycles. The van der Waals surface area contributed by atoms with Crippen molar-refractivity contribution in [1.29, 1.82) is 0 Å². The van der Waals surface area contributed by atoms with Gasteiger partial charge in [0.05, 0.1) is 0 Å². The summed E-state index contributed by atoms with van der Waals surface area (Å²) in [4.78, 5) is 11.7. The third-order valence-corrected chi connectivity index (χ3v) is 10.9. The molecule has 0 amide bonds. The molecule has 3 heteroatoms. The van der Waals surface area contributed by atoms with Gasteiger partial charge in [0.25, 0.3) is 0 Å². The van der Waals surface area contributed by atoms with Crippen molar-refractivity contribution < 1.29 is 9.53 Å². The molecule has 0 spiro atoms. The first-order valence-corrected chi connectivity index (χ1v) is 14.2. The van der Waals surface area contributed by atoms with Crippen molar-refractivity contribution >= 4 is 17.6 Å². The number of alkyl halides is 1. The van der Waals surface area contributed by atoms with Crippen LogP contribution in [0.5, 0.6) is 0 Å². The highest BCUT2D eigenvalue weighted by molar-refractivity contribution is 6.26. The molecule has 0 radical (unpaired) electrons. The van der Waals surface area contributed by atoms with E-state index in [-0.39, 0.29) is 18.0 Å². The molecule has 0 aromatic carbocycles. The van der Waals surface area contributed by atoms with Crippen molar-refractivity contribution in [2.45, 2.75) is 111 Å². The molecule has 0 aliphatic heterocycles. The van der Waals surface area contributed by atoms with Crippen LogP contribution in [0, 0.1) is 46.3 Å². The summed E-state index contributed by atoms with van der Waals surface area (Å²) in [5.74, 6) is 4.92. The summed E-state index contributed by atoms with van der Waals surface area (Å²) in [6, 6.07) is 0. The third kappa shape index (κ3) is 4.44. The van der Waals surface area contributed by atoms with Crippen LogP contribution in [0.2, 0.25) is 0 Å². The molecular formula is C29H47ClO2. The second kappa shape index (κ2) is 9.63. The molecule has 32 heavy (non-hydrogen) atoms. The molecule has 3 saturated carbocycles. The summed E-state index contributed by atoms with van der Waals surface area (Å²) < 4.78 is 5.63. The lowest BCUT2D eigenvalue weighted by molar-refractivity contribution is -0.148. The van der Waals surface area contributed by atoms with E-state index in [1.54, 1.807) is 5.57 Å².